The maximum absolute atomic E-state index is 5.84. The molecular formula is C21H24N4O. The van der Waals surface area contributed by atoms with Crippen LogP contribution in [-0.4, -0.2) is 41.3 Å². The van der Waals surface area contributed by atoms with Gasteiger partial charge in [-0.3, -0.25) is 10.00 Å². The topological polar surface area (TPSA) is 53.2 Å². The van der Waals surface area contributed by atoms with Crippen LogP contribution in [0.2, 0.25) is 0 Å². The van der Waals surface area contributed by atoms with Crippen LogP contribution in [0.15, 0.2) is 60.7 Å². The van der Waals surface area contributed by atoms with Crippen molar-refractivity contribution >= 4 is 11.5 Å². The number of ether oxygens (including phenoxy) is 1. The van der Waals surface area contributed by atoms with E-state index in [0.29, 0.717) is 0 Å². The van der Waals surface area contributed by atoms with E-state index >= 15 is 0 Å². The third-order valence-electron chi connectivity index (χ3n) is 4.66. The molecule has 2 heterocycles. The van der Waals surface area contributed by atoms with E-state index in [1.807, 2.05) is 48.5 Å². The summed E-state index contributed by atoms with van der Waals surface area (Å²) in [5.74, 6) is 1.70. The monoisotopic (exact) mass is 348 g/mol. The maximum atomic E-state index is 5.84. The van der Waals surface area contributed by atoms with Crippen LogP contribution in [0, 0.1) is 0 Å². The fraction of sp³-hybridized carbons (Fsp3) is 0.286. The number of aromatic nitrogens is 2. The Morgan fingerprint density at radius 3 is 2.54 bits per heavy atom. The predicted octanol–water partition coefficient (Wildman–Crippen LogP) is 4.29. The van der Waals surface area contributed by atoms with E-state index < -0.39 is 0 Å². The van der Waals surface area contributed by atoms with E-state index in [2.05, 4.69) is 32.5 Å². The SMILES string of the molecule is c1ccc(-c2cc(Nc3ccc(OCCN4CCCC4)cc3)n[nH]2)cc1. The zero-order valence-electron chi connectivity index (χ0n) is 14.8. The van der Waals surface area contributed by atoms with Crippen molar-refractivity contribution < 1.29 is 4.74 Å². The zero-order chi connectivity index (χ0) is 17.6. The minimum absolute atomic E-state index is 0.743. The zero-order valence-corrected chi connectivity index (χ0v) is 14.8. The first kappa shape index (κ1) is 16.7. The number of hydrogen-bond donors (Lipinski definition) is 2. The molecule has 1 saturated heterocycles. The van der Waals surface area contributed by atoms with Crippen LogP contribution in [0.1, 0.15) is 12.8 Å². The quantitative estimate of drug-likeness (QED) is 0.669. The standard InChI is InChI=1S/C21H24N4O/c1-2-6-17(7-3-1)20-16-21(24-23-20)22-18-8-10-19(11-9-18)26-15-14-25-12-4-5-13-25/h1-3,6-11,16H,4-5,12-15H2,(H2,22,23,24). The normalized spacial score (nSPS) is 14.5. The van der Waals surface area contributed by atoms with Gasteiger partial charge in [0.05, 0.1) is 5.69 Å². The van der Waals surface area contributed by atoms with Gasteiger partial charge < -0.3 is 10.1 Å². The third-order valence-corrected chi connectivity index (χ3v) is 4.66. The highest BCUT2D eigenvalue weighted by Gasteiger charge is 2.10. The average Bonchev–Trinajstić information content (AvgIpc) is 3.36. The highest BCUT2D eigenvalue weighted by molar-refractivity contribution is 5.66. The number of nitrogens with one attached hydrogen (secondary N) is 2. The van der Waals surface area contributed by atoms with Gasteiger partial charge in [-0.05, 0) is 55.8 Å². The van der Waals surface area contributed by atoms with Gasteiger partial charge in [0, 0.05) is 18.3 Å². The van der Waals surface area contributed by atoms with Crippen LogP contribution < -0.4 is 10.1 Å². The lowest BCUT2D eigenvalue weighted by Gasteiger charge is -2.15. The summed E-state index contributed by atoms with van der Waals surface area (Å²) in [4.78, 5) is 2.46. The fourth-order valence-electron chi connectivity index (χ4n) is 3.23. The number of H-pyrrole nitrogens is 1. The second kappa shape index (κ2) is 8.06. The number of likely N-dealkylation sites (tertiary alicyclic amines) is 1. The maximum Gasteiger partial charge on any atom is 0.152 e. The highest BCUT2D eigenvalue weighted by atomic mass is 16.5. The molecule has 1 aliphatic rings. The van der Waals surface area contributed by atoms with Crippen molar-refractivity contribution in [1.29, 1.82) is 0 Å². The molecule has 5 heteroatoms. The molecule has 4 rings (SSSR count). The fourth-order valence-corrected chi connectivity index (χ4v) is 3.23. The third kappa shape index (κ3) is 4.24. The lowest BCUT2D eigenvalue weighted by molar-refractivity contribution is 0.238. The molecule has 1 aromatic heterocycles. The molecule has 0 spiro atoms. The highest BCUT2D eigenvalue weighted by Crippen LogP contribution is 2.23. The molecule has 0 aliphatic carbocycles. The number of benzene rings is 2. The summed E-state index contributed by atoms with van der Waals surface area (Å²) < 4.78 is 5.84. The van der Waals surface area contributed by atoms with Gasteiger partial charge in [0.2, 0.25) is 0 Å². The summed E-state index contributed by atoms with van der Waals surface area (Å²) in [7, 11) is 0. The van der Waals surface area contributed by atoms with Crippen molar-refractivity contribution in [2.45, 2.75) is 12.8 Å². The number of rotatable bonds is 7. The smallest absolute Gasteiger partial charge is 0.152 e. The molecule has 0 saturated carbocycles. The molecule has 2 aromatic carbocycles. The molecule has 134 valence electrons. The Hall–Kier alpha value is -2.79. The second-order valence-electron chi connectivity index (χ2n) is 6.58. The van der Waals surface area contributed by atoms with Gasteiger partial charge in [-0.25, -0.2) is 0 Å². The molecule has 0 unspecified atom stereocenters. The van der Waals surface area contributed by atoms with Crippen molar-refractivity contribution in [3.63, 3.8) is 0 Å². The summed E-state index contributed by atoms with van der Waals surface area (Å²) in [5, 5.41) is 10.7. The lowest BCUT2D eigenvalue weighted by atomic mass is 10.1. The Bertz CT molecular complexity index is 808. The van der Waals surface area contributed by atoms with Gasteiger partial charge in [0.15, 0.2) is 5.82 Å². The first-order chi connectivity index (χ1) is 12.9. The van der Waals surface area contributed by atoms with E-state index in [-0.39, 0.29) is 0 Å². The van der Waals surface area contributed by atoms with E-state index in [4.69, 9.17) is 4.74 Å². The second-order valence-corrected chi connectivity index (χ2v) is 6.58. The molecule has 0 radical (unpaired) electrons. The van der Waals surface area contributed by atoms with Gasteiger partial charge in [0.1, 0.15) is 12.4 Å². The summed E-state index contributed by atoms with van der Waals surface area (Å²) in [5.41, 5.74) is 3.10. The van der Waals surface area contributed by atoms with Crippen LogP contribution in [0.5, 0.6) is 5.75 Å². The number of anilines is 2. The van der Waals surface area contributed by atoms with Gasteiger partial charge in [-0.1, -0.05) is 30.3 Å². The Kier molecular flexibility index (Phi) is 5.17. The Morgan fingerprint density at radius 1 is 1.00 bits per heavy atom. The molecule has 5 nitrogen and oxygen atoms in total. The number of nitrogens with zero attached hydrogens (tertiary/aromatic N) is 2. The minimum atomic E-state index is 0.743. The van der Waals surface area contributed by atoms with Crippen molar-refractivity contribution in [3.05, 3.63) is 60.7 Å². The Labute approximate surface area is 154 Å². The molecule has 0 bridgehead atoms. The molecule has 0 amide bonds. The first-order valence-electron chi connectivity index (χ1n) is 9.20. The Morgan fingerprint density at radius 2 is 1.77 bits per heavy atom. The predicted molar refractivity (Wildman–Crippen MR) is 105 cm³/mol. The molecule has 3 aromatic rings. The van der Waals surface area contributed by atoms with Gasteiger partial charge in [0.25, 0.3) is 0 Å². The van der Waals surface area contributed by atoms with Gasteiger partial charge >= 0.3 is 0 Å². The molecule has 2 N–H and O–H groups in total. The van der Waals surface area contributed by atoms with Crippen LogP contribution >= 0.6 is 0 Å². The molecule has 1 fully saturated rings. The largest absolute Gasteiger partial charge is 0.492 e. The van der Waals surface area contributed by atoms with E-state index in [9.17, 15) is 0 Å². The molecule has 26 heavy (non-hydrogen) atoms. The Balaban J connectivity index is 1.30. The summed E-state index contributed by atoms with van der Waals surface area (Å²) in [6.45, 7) is 4.17. The van der Waals surface area contributed by atoms with E-state index in [1.165, 1.54) is 25.9 Å². The molecule has 1 aliphatic heterocycles. The van der Waals surface area contributed by atoms with E-state index in [0.717, 1.165) is 41.7 Å². The van der Waals surface area contributed by atoms with Crippen molar-refractivity contribution in [3.8, 4) is 17.0 Å². The van der Waals surface area contributed by atoms with Crippen molar-refractivity contribution in [1.82, 2.24) is 15.1 Å². The van der Waals surface area contributed by atoms with Crippen molar-refractivity contribution in [2.24, 2.45) is 0 Å². The number of hydrogen-bond acceptors (Lipinski definition) is 4. The lowest BCUT2D eigenvalue weighted by Crippen LogP contribution is -2.25. The molecule has 0 atom stereocenters. The summed E-state index contributed by atoms with van der Waals surface area (Å²) >= 11 is 0. The van der Waals surface area contributed by atoms with E-state index in [1.54, 1.807) is 0 Å². The first-order valence-corrected chi connectivity index (χ1v) is 9.20. The minimum Gasteiger partial charge on any atom is -0.492 e. The van der Waals surface area contributed by atoms with Gasteiger partial charge in [-0.2, -0.15) is 5.10 Å². The average molecular weight is 348 g/mol. The van der Waals surface area contributed by atoms with Gasteiger partial charge in [-0.15, -0.1) is 0 Å². The van der Waals surface area contributed by atoms with Crippen LogP contribution in [-0.2, 0) is 0 Å². The van der Waals surface area contributed by atoms with Crippen LogP contribution in [0.25, 0.3) is 11.3 Å². The van der Waals surface area contributed by atoms with Crippen LogP contribution in [0.4, 0.5) is 11.5 Å². The summed E-state index contributed by atoms with van der Waals surface area (Å²) in [6, 6.07) is 20.2. The summed E-state index contributed by atoms with van der Waals surface area (Å²) in [6.07, 6.45) is 2.64. The number of aromatic amines is 1. The van der Waals surface area contributed by atoms with Crippen molar-refractivity contribution in [2.75, 3.05) is 31.6 Å². The molecular weight excluding hydrogens is 324 g/mol. The van der Waals surface area contributed by atoms with Crippen LogP contribution in [0.3, 0.4) is 0 Å².